The summed E-state index contributed by atoms with van der Waals surface area (Å²) in [5.74, 6) is 0.887. The average Bonchev–Trinajstić information content (AvgIpc) is 3.56. The summed E-state index contributed by atoms with van der Waals surface area (Å²) in [5.41, 5.74) is -0.0967. The highest BCUT2D eigenvalue weighted by Gasteiger charge is 2.60. The predicted molar refractivity (Wildman–Crippen MR) is 145 cm³/mol. The zero-order chi connectivity index (χ0) is 28.3. The van der Waals surface area contributed by atoms with E-state index in [-0.39, 0.29) is 30.8 Å². The maximum Gasteiger partial charge on any atom is 0.339 e. The summed E-state index contributed by atoms with van der Waals surface area (Å²) >= 11 is 0. The Bertz CT molecular complexity index is 1220. The third kappa shape index (κ3) is 4.55. The summed E-state index contributed by atoms with van der Waals surface area (Å²) in [4.78, 5) is 29.7. The maximum atomic E-state index is 14.3. The van der Waals surface area contributed by atoms with Gasteiger partial charge in [-0.05, 0) is 102 Å². The van der Waals surface area contributed by atoms with Gasteiger partial charge in [0.25, 0.3) is 0 Å². The van der Waals surface area contributed by atoms with Gasteiger partial charge in [0.15, 0.2) is 23.2 Å². The van der Waals surface area contributed by atoms with E-state index in [1.807, 2.05) is 13.8 Å². The molecule has 0 N–H and O–H groups in total. The minimum atomic E-state index is -1.43. The molecule has 2 fully saturated rings. The van der Waals surface area contributed by atoms with Crippen LogP contribution in [0, 0.1) is 0 Å². The lowest BCUT2D eigenvalue weighted by atomic mass is 9.77. The molecule has 0 bridgehead atoms. The molecule has 9 nitrogen and oxygen atoms in total. The van der Waals surface area contributed by atoms with Crippen LogP contribution < -0.4 is 9.47 Å². The highest BCUT2D eigenvalue weighted by molar-refractivity contribution is 5.86. The predicted octanol–water partition coefficient (Wildman–Crippen LogP) is 4.40. The van der Waals surface area contributed by atoms with Gasteiger partial charge >= 0.3 is 11.9 Å². The number of hydrogen-bond donors (Lipinski definition) is 0. The van der Waals surface area contributed by atoms with Gasteiger partial charge in [-0.1, -0.05) is 0 Å². The van der Waals surface area contributed by atoms with Crippen LogP contribution in [-0.2, 0) is 35.0 Å². The smallest absolute Gasteiger partial charge is 0.339 e. The summed E-state index contributed by atoms with van der Waals surface area (Å²) in [6.45, 7) is 9.55. The Balaban J connectivity index is 1.39. The van der Waals surface area contributed by atoms with Gasteiger partial charge in [-0.2, -0.15) is 0 Å². The molecule has 1 spiro atoms. The second-order valence-corrected chi connectivity index (χ2v) is 12.7. The molecule has 9 heteroatoms. The summed E-state index contributed by atoms with van der Waals surface area (Å²) in [6, 6.07) is 4.14. The zero-order valence-electron chi connectivity index (χ0n) is 24.2. The molecule has 2 saturated heterocycles. The Morgan fingerprint density at radius 1 is 1.07 bits per heavy atom. The quantitative estimate of drug-likeness (QED) is 0.474. The Morgan fingerprint density at radius 2 is 1.85 bits per heavy atom. The van der Waals surface area contributed by atoms with Crippen molar-refractivity contribution in [2.24, 2.45) is 0 Å². The molecule has 5 aliphatic rings. The first-order chi connectivity index (χ1) is 19.1. The second kappa shape index (κ2) is 9.94. The van der Waals surface area contributed by atoms with Crippen molar-refractivity contribution in [3.63, 3.8) is 0 Å². The lowest BCUT2D eigenvalue weighted by molar-refractivity contribution is -0.217. The standard InChI is InChI=1S/C31H41NO8/c1-19(2)38-25(33)17-31(11-6-9-29(3,4)40-31)28(34)39-27-24(35-5)16-30-10-7-12-32(30)13-8-20-14-22-23(37-18-36-22)15-21(20)26(27)30/h14-16,19,26-27H,6-13,17-18H2,1-5H3. The van der Waals surface area contributed by atoms with Crippen molar-refractivity contribution in [2.75, 3.05) is 27.0 Å². The van der Waals surface area contributed by atoms with Crippen LogP contribution in [0.3, 0.4) is 0 Å². The number of carbonyl (C=O) groups is 2. The molecule has 1 aromatic carbocycles. The SMILES string of the molecule is COC1=CC23CCCN2CCc2cc4c(cc2C3C1OC(=O)C1(CC(=O)OC(C)C)CCCC(C)(C)O1)OCO4. The normalized spacial score (nSPS) is 32.0. The molecule has 1 aliphatic carbocycles. The third-order valence-corrected chi connectivity index (χ3v) is 9.20. The van der Waals surface area contributed by atoms with Crippen molar-refractivity contribution in [3.05, 3.63) is 35.1 Å². The molecular weight excluding hydrogens is 514 g/mol. The monoisotopic (exact) mass is 555 g/mol. The number of benzene rings is 1. The summed E-state index contributed by atoms with van der Waals surface area (Å²) in [6.07, 6.45) is 5.77. The van der Waals surface area contributed by atoms with Gasteiger partial charge < -0.3 is 28.4 Å². The van der Waals surface area contributed by atoms with E-state index in [0.717, 1.165) is 56.5 Å². The fourth-order valence-electron chi connectivity index (χ4n) is 7.63. The molecule has 6 rings (SSSR count). The van der Waals surface area contributed by atoms with Crippen LogP contribution in [0.4, 0.5) is 0 Å². The minimum Gasteiger partial charge on any atom is -0.497 e. The number of rotatable bonds is 6. The van der Waals surface area contributed by atoms with E-state index in [2.05, 4.69) is 23.1 Å². The number of esters is 2. The van der Waals surface area contributed by atoms with Crippen molar-refractivity contribution in [3.8, 4) is 11.5 Å². The first kappa shape index (κ1) is 27.4. The molecule has 0 saturated carbocycles. The van der Waals surface area contributed by atoms with Crippen LogP contribution in [0.5, 0.6) is 11.5 Å². The van der Waals surface area contributed by atoms with Crippen molar-refractivity contribution in [1.82, 2.24) is 4.90 Å². The molecule has 4 heterocycles. The average molecular weight is 556 g/mol. The molecule has 218 valence electrons. The Kier molecular flexibility index (Phi) is 6.81. The van der Waals surface area contributed by atoms with Gasteiger partial charge in [0.2, 0.25) is 6.79 Å². The number of carbonyl (C=O) groups excluding carboxylic acids is 2. The number of hydrogen-bond acceptors (Lipinski definition) is 9. The maximum absolute atomic E-state index is 14.3. The lowest BCUT2D eigenvalue weighted by Gasteiger charge is -2.44. The third-order valence-electron chi connectivity index (χ3n) is 9.20. The molecule has 0 aromatic heterocycles. The van der Waals surface area contributed by atoms with Gasteiger partial charge in [-0.25, -0.2) is 4.79 Å². The van der Waals surface area contributed by atoms with Crippen LogP contribution in [0.15, 0.2) is 24.0 Å². The van der Waals surface area contributed by atoms with Crippen LogP contribution in [0.1, 0.15) is 83.3 Å². The van der Waals surface area contributed by atoms with E-state index in [0.29, 0.717) is 17.9 Å². The number of methoxy groups -OCH3 is 1. The largest absolute Gasteiger partial charge is 0.497 e. The highest BCUT2D eigenvalue weighted by Crippen LogP contribution is 2.56. The number of ether oxygens (including phenoxy) is 6. The fourth-order valence-corrected chi connectivity index (χ4v) is 7.63. The topological polar surface area (TPSA) is 92.8 Å². The molecular formula is C31H41NO8. The van der Waals surface area contributed by atoms with Gasteiger partial charge in [-0.15, -0.1) is 0 Å². The van der Waals surface area contributed by atoms with E-state index >= 15 is 0 Å². The summed E-state index contributed by atoms with van der Waals surface area (Å²) in [7, 11) is 1.63. The van der Waals surface area contributed by atoms with E-state index < -0.39 is 29.2 Å². The highest BCUT2D eigenvalue weighted by atomic mass is 16.7. The van der Waals surface area contributed by atoms with Crippen LogP contribution in [0.25, 0.3) is 0 Å². The molecule has 0 radical (unpaired) electrons. The molecule has 4 atom stereocenters. The van der Waals surface area contributed by atoms with Gasteiger partial charge in [-0.3, -0.25) is 9.69 Å². The van der Waals surface area contributed by atoms with Crippen LogP contribution in [-0.4, -0.2) is 72.8 Å². The number of nitrogens with zero attached hydrogens (tertiary/aromatic N) is 1. The van der Waals surface area contributed by atoms with Gasteiger partial charge in [0, 0.05) is 6.54 Å². The van der Waals surface area contributed by atoms with Crippen molar-refractivity contribution in [2.45, 2.75) is 108 Å². The molecule has 40 heavy (non-hydrogen) atoms. The fraction of sp³-hybridized carbons (Fsp3) is 0.677. The number of fused-ring (bicyclic) bond motifs is 3. The van der Waals surface area contributed by atoms with Gasteiger partial charge in [0.05, 0.1) is 36.7 Å². The van der Waals surface area contributed by atoms with Crippen molar-refractivity contribution < 1.29 is 38.0 Å². The minimum absolute atomic E-state index is 0.191. The summed E-state index contributed by atoms with van der Waals surface area (Å²) in [5, 5.41) is 0. The molecule has 0 amide bonds. The van der Waals surface area contributed by atoms with Gasteiger partial charge in [0.1, 0.15) is 5.76 Å². The van der Waals surface area contributed by atoms with Crippen molar-refractivity contribution >= 4 is 11.9 Å². The van der Waals surface area contributed by atoms with E-state index in [9.17, 15) is 9.59 Å². The van der Waals surface area contributed by atoms with E-state index in [1.165, 1.54) is 5.56 Å². The van der Waals surface area contributed by atoms with E-state index in [1.54, 1.807) is 21.0 Å². The van der Waals surface area contributed by atoms with Crippen molar-refractivity contribution in [1.29, 1.82) is 0 Å². The summed E-state index contributed by atoms with van der Waals surface area (Å²) < 4.78 is 35.8. The first-order valence-electron chi connectivity index (χ1n) is 14.6. The Morgan fingerprint density at radius 3 is 2.58 bits per heavy atom. The first-order valence-corrected chi connectivity index (χ1v) is 14.6. The van der Waals surface area contributed by atoms with Crippen LogP contribution >= 0.6 is 0 Å². The van der Waals surface area contributed by atoms with E-state index in [4.69, 9.17) is 28.4 Å². The second-order valence-electron chi connectivity index (χ2n) is 12.7. The molecule has 4 unspecified atom stereocenters. The lowest BCUT2D eigenvalue weighted by Crippen LogP contribution is -2.54. The Hall–Kier alpha value is -2.78. The van der Waals surface area contributed by atoms with Crippen LogP contribution in [0.2, 0.25) is 0 Å². The Labute approximate surface area is 236 Å². The zero-order valence-corrected chi connectivity index (χ0v) is 24.2. The molecule has 1 aromatic rings. The molecule has 4 aliphatic heterocycles.